The molecule has 2 N–H and O–H groups in total. The van der Waals surface area contributed by atoms with E-state index in [1.54, 1.807) is 11.3 Å². The number of carbonyl (C=O) groups is 1. The zero-order valence-electron chi connectivity index (χ0n) is 14.3. The molecule has 1 amide bonds. The van der Waals surface area contributed by atoms with Crippen LogP contribution in [0.1, 0.15) is 29.6 Å². The number of hydrogen-bond acceptors (Lipinski definition) is 4. The molecule has 1 aliphatic heterocycles. The van der Waals surface area contributed by atoms with Crippen molar-refractivity contribution in [1.29, 1.82) is 0 Å². The Morgan fingerprint density at radius 2 is 2.04 bits per heavy atom. The first-order chi connectivity index (χ1) is 11.1. The highest BCUT2D eigenvalue weighted by atomic mass is 35.5. The molecule has 0 radical (unpaired) electrons. The van der Waals surface area contributed by atoms with Crippen LogP contribution in [0.5, 0.6) is 0 Å². The Morgan fingerprint density at radius 1 is 1.32 bits per heavy atom. The van der Waals surface area contributed by atoms with Crippen LogP contribution in [0, 0.1) is 5.41 Å². The number of aromatic nitrogens is 1. The molecule has 0 saturated carbocycles. The molecule has 4 nitrogen and oxygen atoms in total. The van der Waals surface area contributed by atoms with Crippen molar-refractivity contribution in [2.45, 2.75) is 26.2 Å². The highest BCUT2D eigenvalue weighted by Crippen LogP contribution is 2.29. The topological polar surface area (TPSA) is 59.2 Å². The summed E-state index contributed by atoms with van der Waals surface area (Å²) in [5.74, 6) is 0.165. The molecule has 1 aromatic carbocycles. The zero-order chi connectivity index (χ0) is 16.3. The summed E-state index contributed by atoms with van der Waals surface area (Å²) in [5, 5.41) is 3.07. The number of nitrogens with two attached hydrogens (primary N) is 1. The van der Waals surface area contributed by atoms with Crippen LogP contribution in [0.25, 0.3) is 0 Å². The lowest BCUT2D eigenvalue weighted by Gasteiger charge is -2.22. The summed E-state index contributed by atoms with van der Waals surface area (Å²) in [4.78, 5) is 19.0. The summed E-state index contributed by atoms with van der Waals surface area (Å²) in [6.07, 6.45) is 2.21. The van der Waals surface area contributed by atoms with Crippen molar-refractivity contribution in [3.05, 3.63) is 52.0 Å². The van der Waals surface area contributed by atoms with Gasteiger partial charge in [0, 0.05) is 24.9 Å². The van der Waals surface area contributed by atoms with Crippen LogP contribution >= 0.6 is 36.2 Å². The predicted octanol–water partition coefficient (Wildman–Crippen LogP) is 3.32. The van der Waals surface area contributed by atoms with Gasteiger partial charge in [-0.25, -0.2) is 4.98 Å². The van der Waals surface area contributed by atoms with Gasteiger partial charge in [0.25, 0.3) is 0 Å². The van der Waals surface area contributed by atoms with Crippen LogP contribution in [0.2, 0.25) is 0 Å². The molecule has 138 valence electrons. The molecule has 25 heavy (non-hydrogen) atoms. The van der Waals surface area contributed by atoms with Crippen LogP contribution in [0.15, 0.2) is 35.7 Å². The Bertz CT molecular complexity index is 680. The molecule has 7 heteroatoms. The largest absolute Gasteiger partial charge is 0.342 e. The van der Waals surface area contributed by atoms with E-state index in [0.717, 1.165) is 36.6 Å². The van der Waals surface area contributed by atoms with E-state index in [1.165, 1.54) is 5.56 Å². The van der Waals surface area contributed by atoms with Gasteiger partial charge < -0.3 is 10.6 Å². The molecule has 1 aromatic heterocycles. The Labute approximate surface area is 165 Å². The van der Waals surface area contributed by atoms with Crippen molar-refractivity contribution in [3.8, 4) is 0 Å². The molecule has 3 rings (SSSR count). The number of hydrogen-bond donors (Lipinski definition) is 1. The van der Waals surface area contributed by atoms with Crippen LogP contribution < -0.4 is 5.73 Å². The third kappa shape index (κ3) is 5.68. The lowest BCUT2D eigenvalue weighted by atomic mass is 9.90. The van der Waals surface area contributed by atoms with Crippen molar-refractivity contribution < 1.29 is 4.79 Å². The minimum atomic E-state index is 0. The second-order valence-electron chi connectivity index (χ2n) is 6.65. The van der Waals surface area contributed by atoms with E-state index in [4.69, 9.17) is 5.73 Å². The average molecular weight is 402 g/mol. The van der Waals surface area contributed by atoms with E-state index in [2.05, 4.69) is 24.0 Å². The van der Waals surface area contributed by atoms with Crippen molar-refractivity contribution in [2.24, 2.45) is 11.1 Å². The van der Waals surface area contributed by atoms with Crippen molar-refractivity contribution in [1.82, 2.24) is 9.88 Å². The highest BCUT2D eigenvalue weighted by molar-refractivity contribution is 7.09. The minimum Gasteiger partial charge on any atom is -0.342 e. The maximum absolute atomic E-state index is 12.4. The second-order valence-corrected chi connectivity index (χ2v) is 7.59. The van der Waals surface area contributed by atoms with Gasteiger partial charge in [-0.05, 0) is 23.9 Å². The van der Waals surface area contributed by atoms with E-state index in [9.17, 15) is 4.79 Å². The number of carbonyl (C=O) groups excluding carboxylic acids is 1. The first-order valence-electron chi connectivity index (χ1n) is 8.03. The molecule has 2 aromatic rings. The quantitative estimate of drug-likeness (QED) is 0.835. The van der Waals surface area contributed by atoms with Crippen LogP contribution in [-0.4, -0.2) is 35.4 Å². The standard InChI is InChI=1S/C18H23N3OS.2ClH/c1-18(12-19)7-8-21(13-18)17(22)10-15-11-23-16(20-15)9-14-5-3-2-4-6-14;;/h2-6,11H,7-10,12-13,19H2,1H3;2*1H. The third-order valence-electron chi connectivity index (χ3n) is 4.53. The Kier molecular flexibility index (Phi) is 8.35. The fourth-order valence-corrected chi connectivity index (χ4v) is 3.78. The zero-order valence-corrected chi connectivity index (χ0v) is 16.8. The minimum absolute atomic E-state index is 0. The molecule has 1 unspecified atom stereocenters. The van der Waals surface area contributed by atoms with Gasteiger partial charge in [0.2, 0.25) is 5.91 Å². The van der Waals surface area contributed by atoms with E-state index < -0.39 is 0 Å². The lowest BCUT2D eigenvalue weighted by molar-refractivity contribution is -0.129. The van der Waals surface area contributed by atoms with Gasteiger partial charge in [-0.15, -0.1) is 36.2 Å². The number of nitrogens with zero attached hydrogens (tertiary/aromatic N) is 2. The second kappa shape index (κ2) is 9.53. The van der Waals surface area contributed by atoms with E-state index >= 15 is 0 Å². The van der Waals surface area contributed by atoms with E-state index in [0.29, 0.717) is 13.0 Å². The van der Waals surface area contributed by atoms with Gasteiger partial charge in [0.05, 0.1) is 17.1 Å². The van der Waals surface area contributed by atoms with Crippen LogP contribution in [0.4, 0.5) is 0 Å². The van der Waals surface area contributed by atoms with Crippen LogP contribution in [-0.2, 0) is 17.6 Å². The Hall–Kier alpha value is -1.14. The Balaban J connectivity index is 0.00000156. The van der Waals surface area contributed by atoms with Gasteiger partial charge in [0.1, 0.15) is 0 Å². The van der Waals surface area contributed by atoms with Crippen molar-refractivity contribution in [3.63, 3.8) is 0 Å². The number of rotatable bonds is 5. The summed E-state index contributed by atoms with van der Waals surface area (Å²) in [6.45, 7) is 4.37. The molecule has 1 fully saturated rings. The fourth-order valence-electron chi connectivity index (χ4n) is 2.95. The first kappa shape index (κ1) is 21.9. The van der Waals surface area contributed by atoms with Crippen LogP contribution in [0.3, 0.4) is 0 Å². The number of thiazole rings is 1. The lowest BCUT2D eigenvalue weighted by Crippen LogP contribution is -2.35. The average Bonchev–Trinajstić information content (AvgIpc) is 3.16. The molecule has 1 atom stereocenters. The number of likely N-dealkylation sites (tertiary alicyclic amines) is 1. The van der Waals surface area contributed by atoms with E-state index in [-0.39, 0.29) is 36.1 Å². The molecule has 0 aliphatic carbocycles. The third-order valence-corrected chi connectivity index (χ3v) is 5.43. The number of benzene rings is 1. The molecular formula is C18H25Cl2N3OS. The predicted molar refractivity (Wildman–Crippen MR) is 108 cm³/mol. The monoisotopic (exact) mass is 401 g/mol. The molecular weight excluding hydrogens is 377 g/mol. The summed E-state index contributed by atoms with van der Waals surface area (Å²) < 4.78 is 0. The maximum Gasteiger partial charge on any atom is 0.228 e. The maximum atomic E-state index is 12.4. The fraction of sp³-hybridized carbons (Fsp3) is 0.444. The van der Waals surface area contributed by atoms with Crippen molar-refractivity contribution >= 4 is 42.1 Å². The number of amides is 1. The summed E-state index contributed by atoms with van der Waals surface area (Å²) in [7, 11) is 0. The Morgan fingerprint density at radius 3 is 2.68 bits per heavy atom. The van der Waals surface area contributed by atoms with Gasteiger partial charge in [0.15, 0.2) is 0 Å². The van der Waals surface area contributed by atoms with Crippen molar-refractivity contribution in [2.75, 3.05) is 19.6 Å². The molecule has 0 bridgehead atoms. The van der Waals surface area contributed by atoms with Gasteiger partial charge in [-0.3, -0.25) is 4.79 Å². The van der Waals surface area contributed by atoms with Gasteiger partial charge in [-0.1, -0.05) is 37.3 Å². The molecule has 0 spiro atoms. The summed E-state index contributed by atoms with van der Waals surface area (Å²) in [5.41, 5.74) is 8.02. The molecule has 1 aliphatic rings. The van der Waals surface area contributed by atoms with E-state index in [1.807, 2.05) is 28.5 Å². The summed E-state index contributed by atoms with van der Waals surface area (Å²) >= 11 is 1.63. The highest BCUT2D eigenvalue weighted by Gasteiger charge is 2.34. The first-order valence-corrected chi connectivity index (χ1v) is 8.91. The normalized spacial score (nSPS) is 19.2. The molecule has 2 heterocycles. The van der Waals surface area contributed by atoms with Gasteiger partial charge in [-0.2, -0.15) is 0 Å². The SMILES string of the molecule is CC1(CN)CCN(C(=O)Cc2csc(Cc3ccccc3)n2)C1.Cl.Cl. The smallest absolute Gasteiger partial charge is 0.228 e. The van der Waals surface area contributed by atoms with Gasteiger partial charge >= 0.3 is 0 Å². The summed E-state index contributed by atoms with van der Waals surface area (Å²) in [6, 6.07) is 10.3. The number of halogens is 2. The molecule has 1 saturated heterocycles.